The van der Waals surface area contributed by atoms with E-state index in [2.05, 4.69) is 5.32 Å². The minimum Gasteiger partial charge on any atom is -0.504 e. The molecule has 3 rings (SSSR count). The molecule has 0 unspecified atom stereocenters. The monoisotopic (exact) mass is 408 g/mol. The van der Waals surface area contributed by atoms with Crippen molar-refractivity contribution in [3.05, 3.63) is 29.3 Å². The lowest BCUT2D eigenvalue weighted by Crippen LogP contribution is -2.46. The molecular formula is C20H28N2O7. The molecule has 0 saturated carbocycles. The minimum absolute atomic E-state index is 0.0491. The lowest BCUT2D eigenvalue weighted by atomic mass is 10.1. The first-order valence-electron chi connectivity index (χ1n) is 9.65. The number of phenols is 1. The van der Waals surface area contributed by atoms with E-state index in [9.17, 15) is 25.2 Å². The number of benzene rings is 1. The summed E-state index contributed by atoms with van der Waals surface area (Å²) in [5.74, 6) is -0.199. The van der Waals surface area contributed by atoms with Gasteiger partial charge in [0.1, 0.15) is 18.3 Å². The van der Waals surface area contributed by atoms with Gasteiger partial charge >= 0.3 is 0 Å². The van der Waals surface area contributed by atoms with Gasteiger partial charge in [0, 0.05) is 31.8 Å². The molecule has 5 atom stereocenters. The van der Waals surface area contributed by atoms with Crippen LogP contribution in [0, 0.1) is 0 Å². The van der Waals surface area contributed by atoms with Crippen molar-refractivity contribution < 1.29 is 34.7 Å². The average molecular weight is 408 g/mol. The van der Waals surface area contributed by atoms with Gasteiger partial charge in [0.25, 0.3) is 0 Å². The SMILES string of the molecule is C/C(=C\c1ccc(O[C@@H]2O[C@H]([C@H](C)O)[C@@H](O)[C@@H]2O)c(O)c1)C(=O)N1CCNCC1. The van der Waals surface area contributed by atoms with Crippen LogP contribution in [0.4, 0.5) is 0 Å². The Bertz CT molecular complexity index is 761. The standard InChI is InChI=1S/C20H28N2O7/c1-11(19(27)22-7-5-21-6-8-22)9-13-3-4-15(14(24)10-13)28-20-17(26)16(25)18(29-20)12(2)23/h3-4,9-10,12,16-18,20-21,23-26H,5-8H2,1-2H3/b11-9+/t12-,16-,17-,18+,20+/m0/s1. The Morgan fingerprint density at radius 2 is 2.00 bits per heavy atom. The van der Waals surface area contributed by atoms with Crippen LogP contribution < -0.4 is 10.1 Å². The van der Waals surface area contributed by atoms with Crippen LogP contribution in [0.15, 0.2) is 23.8 Å². The van der Waals surface area contributed by atoms with Crippen LogP contribution in [0.5, 0.6) is 11.5 Å². The van der Waals surface area contributed by atoms with E-state index < -0.39 is 30.7 Å². The van der Waals surface area contributed by atoms with Gasteiger partial charge in [-0.1, -0.05) is 6.07 Å². The summed E-state index contributed by atoms with van der Waals surface area (Å²) >= 11 is 0. The molecule has 9 heteroatoms. The van der Waals surface area contributed by atoms with Crippen LogP contribution in [0.3, 0.4) is 0 Å². The van der Waals surface area contributed by atoms with Gasteiger partial charge in [-0.3, -0.25) is 4.79 Å². The van der Waals surface area contributed by atoms with Crippen LogP contribution in [0.2, 0.25) is 0 Å². The number of rotatable bonds is 5. The van der Waals surface area contributed by atoms with Crippen molar-refractivity contribution in [1.82, 2.24) is 10.2 Å². The van der Waals surface area contributed by atoms with E-state index in [0.717, 1.165) is 13.1 Å². The van der Waals surface area contributed by atoms with E-state index in [4.69, 9.17) is 9.47 Å². The zero-order valence-corrected chi connectivity index (χ0v) is 16.5. The highest BCUT2D eigenvalue weighted by atomic mass is 16.7. The lowest BCUT2D eigenvalue weighted by Gasteiger charge is -2.27. The number of aliphatic hydroxyl groups is 3. The summed E-state index contributed by atoms with van der Waals surface area (Å²) in [5.41, 5.74) is 1.17. The molecule has 0 aliphatic carbocycles. The molecule has 0 bridgehead atoms. The Kier molecular flexibility index (Phi) is 6.76. The Morgan fingerprint density at radius 1 is 1.31 bits per heavy atom. The van der Waals surface area contributed by atoms with E-state index in [1.54, 1.807) is 24.0 Å². The molecule has 2 aliphatic rings. The van der Waals surface area contributed by atoms with Gasteiger partial charge < -0.3 is 40.1 Å². The fourth-order valence-electron chi connectivity index (χ4n) is 3.45. The molecule has 9 nitrogen and oxygen atoms in total. The Morgan fingerprint density at radius 3 is 2.59 bits per heavy atom. The quantitative estimate of drug-likeness (QED) is 0.410. The van der Waals surface area contributed by atoms with Crippen molar-refractivity contribution in [2.24, 2.45) is 0 Å². The zero-order valence-electron chi connectivity index (χ0n) is 16.5. The molecule has 0 radical (unpaired) electrons. The number of carbonyl (C=O) groups excluding carboxylic acids is 1. The zero-order chi connectivity index (χ0) is 21.1. The highest BCUT2D eigenvalue weighted by molar-refractivity contribution is 5.97. The van der Waals surface area contributed by atoms with Crippen LogP contribution in [0.25, 0.3) is 6.08 Å². The number of nitrogens with zero attached hydrogens (tertiary/aromatic N) is 1. The van der Waals surface area contributed by atoms with Crippen LogP contribution >= 0.6 is 0 Å². The van der Waals surface area contributed by atoms with Crippen molar-refractivity contribution >= 4 is 12.0 Å². The first-order chi connectivity index (χ1) is 13.8. The predicted molar refractivity (Wildman–Crippen MR) is 104 cm³/mol. The highest BCUT2D eigenvalue weighted by Crippen LogP contribution is 2.32. The summed E-state index contributed by atoms with van der Waals surface area (Å²) in [6.07, 6.45) is -4.20. The van der Waals surface area contributed by atoms with Gasteiger partial charge in [-0.2, -0.15) is 0 Å². The van der Waals surface area contributed by atoms with Crippen LogP contribution in [0.1, 0.15) is 19.4 Å². The maximum Gasteiger partial charge on any atom is 0.249 e. The fourth-order valence-corrected chi connectivity index (χ4v) is 3.45. The molecule has 2 aliphatic heterocycles. The molecule has 29 heavy (non-hydrogen) atoms. The van der Waals surface area contributed by atoms with Crippen molar-refractivity contribution in [1.29, 1.82) is 0 Å². The number of amides is 1. The molecule has 1 aromatic carbocycles. The smallest absolute Gasteiger partial charge is 0.249 e. The third kappa shape index (κ3) is 4.88. The summed E-state index contributed by atoms with van der Waals surface area (Å²) < 4.78 is 10.8. The van der Waals surface area contributed by atoms with Crippen molar-refractivity contribution in [3.8, 4) is 11.5 Å². The van der Waals surface area contributed by atoms with Crippen LogP contribution in [-0.2, 0) is 9.53 Å². The Labute approximate surface area is 169 Å². The van der Waals surface area contributed by atoms with Crippen LogP contribution in [-0.4, -0.2) is 88.1 Å². The number of piperazine rings is 1. The van der Waals surface area contributed by atoms with Gasteiger partial charge in [0.05, 0.1) is 6.10 Å². The third-order valence-electron chi connectivity index (χ3n) is 5.08. The van der Waals surface area contributed by atoms with E-state index in [1.165, 1.54) is 19.1 Å². The average Bonchev–Trinajstić information content (AvgIpc) is 2.98. The topological polar surface area (TPSA) is 132 Å². The molecule has 1 amide bonds. The molecule has 0 aromatic heterocycles. The second-order valence-corrected chi connectivity index (χ2v) is 7.41. The summed E-state index contributed by atoms with van der Waals surface area (Å²) in [7, 11) is 0. The normalized spacial score (nSPS) is 29.0. The lowest BCUT2D eigenvalue weighted by molar-refractivity contribution is -0.129. The number of aromatic hydroxyl groups is 1. The van der Waals surface area contributed by atoms with Gasteiger partial charge in [-0.25, -0.2) is 0 Å². The first-order valence-corrected chi connectivity index (χ1v) is 9.65. The summed E-state index contributed by atoms with van der Waals surface area (Å²) in [6.45, 7) is 6.02. The van der Waals surface area contributed by atoms with E-state index in [1.807, 2.05) is 0 Å². The largest absolute Gasteiger partial charge is 0.504 e. The number of carbonyl (C=O) groups is 1. The fraction of sp³-hybridized carbons (Fsp3) is 0.550. The molecular weight excluding hydrogens is 380 g/mol. The Balaban J connectivity index is 1.68. The van der Waals surface area contributed by atoms with Crippen molar-refractivity contribution in [3.63, 3.8) is 0 Å². The molecule has 2 fully saturated rings. The van der Waals surface area contributed by atoms with Crippen molar-refractivity contribution in [2.45, 2.75) is 44.6 Å². The highest BCUT2D eigenvalue weighted by Gasteiger charge is 2.46. The number of aliphatic hydroxyl groups excluding tert-OH is 3. The summed E-state index contributed by atoms with van der Waals surface area (Å²) in [6, 6.07) is 4.59. The van der Waals surface area contributed by atoms with E-state index in [0.29, 0.717) is 24.2 Å². The first kappa shape index (κ1) is 21.5. The number of hydrogen-bond acceptors (Lipinski definition) is 8. The van der Waals surface area contributed by atoms with Gasteiger partial charge in [0.15, 0.2) is 11.5 Å². The van der Waals surface area contributed by atoms with Gasteiger partial charge in [-0.05, 0) is 37.6 Å². The van der Waals surface area contributed by atoms with Gasteiger partial charge in [0.2, 0.25) is 12.2 Å². The third-order valence-corrected chi connectivity index (χ3v) is 5.08. The maximum atomic E-state index is 12.5. The van der Waals surface area contributed by atoms with Crippen molar-refractivity contribution in [2.75, 3.05) is 26.2 Å². The molecule has 2 heterocycles. The summed E-state index contributed by atoms with van der Waals surface area (Å²) in [5, 5.41) is 43.0. The number of phenolic OH excluding ortho intramolecular Hbond substituents is 1. The molecule has 2 saturated heterocycles. The minimum atomic E-state index is -1.37. The molecule has 160 valence electrons. The second kappa shape index (κ2) is 9.10. The molecule has 1 aromatic rings. The number of hydrogen-bond donors (Lipinski definition) is 5. The van der Waals surface area contributed by atoms with Gasteiger partial charge in [-0.15, -0.1) is 0 Å². The maximum absolute atomic E-state index is 12.5. The predicted octanol–water partition coefficient (Wildman–Crippen LogP) is -0.566. The number of ether oxygens (including phenoxy) is 2. The summed E-state index contributed by atoms with van der Waals surface area (Å²) in [4.78, 5) is 14.3. The molecule has 5 N–H and O–H groups in total. The second-order valence-electron chi connectivity index (χ2n) is 7.41. The van der Waals surface area contributed by atoms with E-state index >= 15 is 0 Å². The van der Waals surface area contributed by atoms with E-state index in [-0.39, 0.29) is 17.4 Å². The molecule has 0 spiro atoms. The Hall–Kier alpha value is -2.17. The number of nitrogens with one attached hydrogen (secondary N) is 1.